The van der Waals surface area contributed by atoms with E-state index in [2.05, 4.69) is 38.0 Å². The normalized spacial score (nSPS) is 25.8. The molecule has 1 aliphatic heterocycles. The van der Waals surface area contributed by atoms with Gasteiger partial charge in [0.05, 0.1) is 0 Å². The van der Waals surface area contributed by atoms with Crippen molar-refractivity contribution >= 4 is 0 Å². The van der Waals surface area contributed by atoms with E-state index in [1.54, 1.807) is 0 Å². The van der Waals surface area contributed by atoms with E-state index in [4.69, 9.17) is 0 Å². The Morgan fingerprint density at radius 2 is 2.00 bits per heavy atom. The molecule has 0 aliphatic carbocycles. The second-order valence-electron chi connectivity index (χ2n) is 5.42. The molecule has 1 saturated heterocycles. The summed E-state index contributed by atoms with van der Waals surface area (Å²) in [7, 11) is 2.07. The van der Waals surface area contributed by atoms with Crippen LogP contribution in [0.4, 0.5) is 0 Å². The first kappa shape index (κ1) is 13.0. The highest BCUT2D eigenvalue weighted by atomic mass is 15.2. The molecular weight excluding hydrogens is 184 g/mol. The number of nitrogens with zero attached hydrogens (tertiary/aromatic N) is 1. The van der Waals surface area contributed by atoms with Crippen molar-refractivity contribution in [2.45, 2.75) is 58.5 Å². The van der Waals surface area contributed by atoms with Crippen LogP contribution in [0, 0.1) is 5.92 Å². The van der Waals surface area contributed by atoms with Crippen molar-refractivity contribution in [2.24, 2.45) is 5.92 Å². The van der Waals surface area contributed by atoms with Crippen LogP contribution in [0.3, 0.4) is 0 Å². The van der Waals surface area contributed by atoms with Gasteiger partial charge in [0.2, 0.25) is 0 Å². The van der Waals surface area contributed by atoms with Gasteiger partial charge in [0, 0.05) is 18.6 Å². The van der Waals surface area contributed by atoms with Gasteiger partial charge in [-0.05, 0) is 45.7 Å². The maximum absolute atomic E-state index is 3.33. The minimum Gasteiger partial charge on any atom is -0.318 e. The number of nitrogens with one attached hydrogen (secondary N) is 1. The third-order valence-electron chi connectivity index (χ3n) is 3.49. The van der Waals surface area contributed by atoms with E-state index < -0.39 is 0 Å². The lowest BCUT2D eigenvalue weighted by Gasteiger charge is -2.40. The van der Waals surface area contributed by atoms with Crippen molar-refractivity contribution in [3.8, 4) is 0 Å². The summed E-state index contributed by atoms with van der Waals surface area (Å²) in [4.78, 5) is 2.72. The zero-order valence-corrected chi connectivity index (χ0v) is 10.9. The van der Waals surface area contributed by atoms with Gasteiger partial charge in [-0.1, -0.05) is 20.3 Å². The Kier molecular flexibility index (Phi) is 5.62. The van der Waals surface area contributed by atoms with Crippen molar-refractivity contribution in [3.63, 3.8) is 0 Å². The molecule has 0 saturated carbocycles. The average Bonchev–Trinajstić information content (AvgIpc) is 2.18. The molecule has 1 N–H and O–H groups in total. The van der Waals surface area contributed by atoms with Crippen LogP contribution in [0.25, 0.3) is 0 Å². The molecule has 2 atom stereocenters. The predicted octanol–water partition coefficient (Wildman–Crippen LogP) is 2.49. The molecule has 1 aliphatic rings. The van der Waals surface area contributed by atoms with Crippen LogP contribution >= 0.6 is 0 Å². The molecule has 15 heavy (non-hydrogen) atoms. The van der Waals surface area contributed by atoms with E-state index in [0.29, 0.717) is 0 Å². The largest absolute Gasteiger partial charge is 0.318 e. The van der Waals surface area contributed by atoms with Crippen LogP contribution in [0.1, 0.15) is 46.5 Å². The lowest BCUT2D eigenvalue weighted by Crippen LogP contribution is -2.49. The highest BCUT2D eigenvalue weighted by Crippen LogP contribution is 2.22. The Morgan fingerprint density at radius 1 is 1.27 bits per heavy atom. The number of likely N-dealkylation sites (N-methyl/N-ethyl adjacent to an activating group) is 1. The molecule has 0 spiro atoms. The molecule has 2 unspecified atom stereocenters. The third kappa shape index (κ3) is 4.12. The monoisotopic (exact) mass is 212 g/mol. The summed E-state index contributed by atoms with van der Waals surface area (Å²) in [5.74, 6) is 0.817. The molecule has 1 heterocycles. The van der Waals surface area contributed by atoms with E-state index in [0.717, 1.165) is 24.5 Å². The Labute approximate surface area is 95.4 Å². The SMILES string of the molecule is CNCC1CCCCN1C(C)CC(C)C. The van der Waals surface area contributed by atoms with Gasteiger partial charge >= 0.3 is 0 Å². The lowest BCUT2D eigenvalue weighted by atomic mass is 9.96. The van der Waals surface area contributed by atoms with Crippen molar-refractivity contribution in [1.82, 2.24) is 10.2 Å². The Bertz CT molecular complexity index is 166. The summed E-state index contributed by atoms with van der Waals surface area (Å²) in [5, 5.41) is 3.33. The summed E-state index contributed by atoms with van der Waals surface area (Å²) in [6, 6.07) is 1.53. The fourth-order valence-corrected chi connectivity index (χ4v) is 2.88. The fourth-order valence-electron chi connectivity index (χ4n) is 2.88. The zero-order chi connectivity index (χ0) is 11.3. The first-order chi connectivity index (χ1) is 7.15. The van der Waals surface area contributed by atoms with Crippen LogP contribution in [-0.4, -0.2) is 37.1 Å². The fraction of sp³-hybridized carbons (Fsp3) is 1.00. The number of likely N-dealkylation sites (tertiary alicyclic amines) is 1. The molecule has 0 aromatic carbocycles. The van der Waals surface area contributed by atoms with E-state index in [1.165, 1.54) is 32.2 Å². The minimum atomic E-state index is 0.753. The standard InChI is InChI=1S/C13H28N2/c1-11(2)9-12(3)15-8-6-5-7-13(15)10-14-4/h11-14H,5-10H2,1-4H3. The average molecular weight is 212 g/mol. The summed E-state index contributed by atoms with van der Waals surface area (Å²) in [5.41, 5.74) is 0. The number of hydrogen-bond acceptors (Lipinski definition) is 2. The molecule has 0 aromatic rings. The van der Waals surface area contributed by atoms with Crippen molar-refractivity contribution in [1.29, 1.82) is 0 Å². The number of rotatable bonds is 5. The quantitative estimate of drug-likeness (QED) is 0.753. The molecular formula is C13H28N2. The lowest BCUT2D eigenvalue weighted by molar-refractivity contribution is 0.0918. The van der Waals surface area contributed by atoms with E-state index >= 15 is 0 Å². The van der Waals surface area contributed by atoms with E-state index in [1.807, 2.05) is 0 Å². The van der Waals surface area contributed by atoms with Crippen molar-refractivity contribution in [2.75, 3.05) is 20.1 Å². The summed E-state index contributed by atoms with van der Waals surface area (Å²) in [6.07, 6.45) is 5.52. The summed E-state index contributed by atoms with van der Waals surface area (Å²) >= 11 is 0. The molecule has 2 heteroatoms. The van der Waals surface area contributed by atoms with Gasteiger partial charge in [-0.15, -0.1) is 0 Å². The van der Waals surface area contributed by atoms with Crippen molar-refractivity contribution < 1.29 is 0 Å². The molecule has 1 fully saturated rings. The van der Waals surface area contributed by atoms with Gasteiger partial charge < -0.3 is 5.32 Å². The van der Waals surface area contributed by atoms with Crippen LogP contribution in [0.15, 0.2) is 0 Å². The Balaban J connectivity index is 2.46. The Hall–Kier alpha value is -0.0800. The van der Waals surface area contributed by atoms with Crippen LogP contribution in [0.5, 0.6) is 0 Å². The number of hydrogen-bond donors (Lipinski definition) is 1. The van der Waals surface area contributed by atoms with E-state index in [9.17, 15) is 0 Å². The predicted molar refractivity (Wildman–Crippen MR) is 67.2 cm³/mol. The highest BCUT2D eigenvalue weighted by molar-refractivity contribution is 4.82. The maximum Gasteiger partial charge on any atom is 0.0223 e. The molecule has 2 nitrogen and oxygen atoms in total. The second kappa shape index (κ2) is 6.49. The molecule has 0 aromatic heterocycles. The van der Waals surface area contributed by atoms with Gasteiger partial charge in [-0.3, -0.25) is 4.90 Å². The first-order valence-electron chi connectivity index (χ1n) is 6.55. The zero-order valence-electron chi connectivity index (χ0n) is 10.9. The van der Waals surface area contributed by atoms with Crippen LogP contribution in [-0.2, 0) is 0 Å². The second-order valence-corrected chi connectivity index (χ2v) is 5.42. The summed E-state index contributed by atoms with van der Waals surface area (Å²) < 4.78 is 0. The number of piperidine rings is 1. The van der Waals surface area contributed by atoms with Gasteiger partial charge in [0.15, 0.2) is 0 Å². The highest BCUT2D eigenvalue weighted by Gasteiger charge is 2.25. The maximum atomic E-state index is 3.33. The molecule has 0 bridgehead atoms. The van der Waals surface area contributed by atoms with Gasteiger partial charge in [-0.25, -0.2) is 0 Å². The molecule has 1 rings (SSSR count). The molecule has 0 radical (unpaired) electrons. The minimum absolute atomic E-state index is 0.753. The van der Waals surface area contributed by atoms with Crippen molar-refractivity contribution in [3.05, 3.63) is 0 Å². The third-order valence-corrected chi connectivity index (χ3v) is 3.49. The topological polar surface area (TPSA) is 15.3 Å². The molecule has 90 valence electrons. The summed E-state index contributed by atoms with van der Waals surface area (Å²) in [6.45, 7) is 9.51. The van der Waals surface area contributed by atoms with Crippen LogP contribution in [0.2, 0.25) is 0 Å². The van der Waals surface area contributed by atoms with Crippen LogP contribution < -0.4 is 5.32 Å². The van der Waals surface area contributed by atoms with Gasteiger partial charge in [0.1, 0.15) is 0 Å². The smallest absolute Gasteiger partial charge is 0.0223 e. The van der Waals surface area contributed by atoms with E-state index in [-0.39, 0.29) is 0 Å². The first-order valence-corrected chi connectivity index (χ1v) is 6.55. The Morgan fingerprint density at radius 3 is 2.60 bits per heavy atom. The van der Waals surface area contributed by atoms with Gasteiger partial charge in [-0.2, -0.15) is 0 Å². The molecule has 0 amide bonds. The van der Waals surface area contributed by atoms with Gasteiger partial charge in [0.25, 0.3) is 0 Å².